The van der Waals surface area contributed by atoms with Gasteiger partial charge in [0.2, 0.25) is 0 Å². The van der Waals surface area contributed by atoms with Crippen LogP contribution >= 0.6 is 23.2 Å². The summed E-state index contributed by atoms with van der Waals surface area (Å²) in [4.78, 5) is 4.26. The second-order valence-corrected chi connectivity index (χ2v) is 6.42. The highest BCUT2D eigenvalue weighted by atomic mass is 35.5. The predicted molar refractivity (Wildman–Crippen MR) is 109 cm³/mol. The van der Waals surface area contributed by atoms with Gasteiger partial charge in [-0.25, -0.2) is 0 Å². The Hall–Kier alpha value is -2.35. The van der Waals surface area contributed by atoms with Gasteiger partial charge >= 0.3 is 0 Å². The summed E-state index contributed by atoms with van der Waals surface area (Å²) in [5.74, 6) is 0. The van der Waals surface area contributed by atoms with E-state index in [1.807, 2.05) is 54.6 Å². The molecule has 3 rings (SSSR count). The fourth-order valence-corrected chi connectivity index (χ4v) is 2.94. The number of benzene rings is 3. The first kappa shape index (κ1) is 17.5. The summed E-state index contributed by atoms with van der Waals surface area (Å²) in [5, 5.41) is 0. The standard InChI is InChI=1S/C22H17Cl2N/c23-22(24)25-16-20(17-10-4-1-5-11-17)21(18-12-6-2-7-13-18)19-14-8-3-9-15-19/h1-15H,16H2. The molecule has 0 unspecified atom stereocenters. The van der Waals surface area contributed by atoms with Gasteiger partial charge in [-0.15, -0.1) is 0 Å². The first-order valence-corrected chi connectivity index (χ1v) is 8.76. The van der Waals surface area contributed by atoms with Crippen LogP contribution in [0.5, 0.6) is 0 Å². The van der Waals surface area contributed by atoms with E-state index in [0.717, 1.165) is 27.8 Å². The first-order chi connectivity index (χ1) is 12.3. The molecule has 0 bridgehead atoms. The maximum absolute atomic E-state index is 5.80. The fraction of sp³-hybridized carbons (Fsp3) is 0.0455. The second-order valence-electron chi connectivity index (χ2n) is 5.51. The van der Waals surface area contributed by atoms with E-state index in [9.17, 15) is 0 Å². The summed E-state index contributed by atoms with van der Waals surface area (Å²) in [6, 6.07) is 30.8. The normalized spacial score (nSPS) is 10.2. The lowest BCUT2D eigenvalue weighted by atomic mass is 9.89. The third-order valence-corrected chi connectivity index (χ3v) is 4.14. The second kappa shape index (κ2) is 8.66. The molecule has 0 amide bonds. The van der Waals surface area contributed by atoms with Crippen molar-refractivity contribution in [3.05, 3.63) is 108 Å². The summed E-state index contributed by atoms with van der Waals surface area (Å²) in [5.41, 5.74) is 5.58. The molecule has 0 spiro atoms. The number of rotatable bonds is 5. The van der Waals surface area contributed by atoms with Crippen LogP contribution in [0.25, 0.3) is 11.1 Å². The van der Waals surface area contributed by atoms with Crippen molar-refractivity contribution >= 4 is 39.0 Å². The number of nitrogens with zero attached hydrogens (tertiary/aromatic N) is 1. The van der Waals surface area contributed by atoms with E-state index in [2.05, 4.69) is 41.4 Å². The SMILES string of the molecule is ClC(Cl)=NCC(=C(c1ccccc1)c1ccccc1)c1ccccc1. The molecule has 0 atom stereocenters. The van der Waals surface area contributed by atoms with Crippen molar-refractivity contribution < 1.29 is 0 Å². The molecule has 124 valence electrons. The topological polar surface area (TPSA) is 12.4 Å². The van der Waals surface area contributed by atoms with Crippen LogP contribution in [0, 0.1) is 0 Å². The van der Waals surface area contributed by atoms with Gasteiger partial charge in [0.1, 0.15) is 0 Å². The molecule has 1 nitrogen and oxygen atoms in total. The van der Waals surface area contributed by atoms with E-state index in [4.69, 9.17) is 23.2 Å². The van der Waals surface area contributed by atoms with Gasteiger partial charge in [0.25, 0.3) is 0 Å². The maximum atomic E-state index is 5.80. The largest absolute Gasteiger partial charge is 0.258 e. The number of hydrogen-bond acceptors (Lipinski definition) is 1. The Morgan fingerprint density at radius 2 is 1.00 bits per heavy atom. The van der Waals surface area contributed by atoms with Gasteiger partial charge in [-0.3, -0.25) is 4.99 Å². The highest BCUT2D eigenvalue weighted by Crippen LogP contribution is 2.32. The minimum atomic E-state index is 0.0360. The summed E-state index contributed by atoms with van der Waals surface area (Å²) in [7, 11) is 0. The number of halogens is 2. The third-order valence-electron chi connectivity index (χ3n) is 3.91. The van der Waals surface area contributed by atoms with Crippen LogP contribution in [0.3, 0.4) is 0 Å². The van der Waals surface area contributed by atoms with Gasteiger partial charge in [-0.05, 0) is 51.0 Å². The summed E-state index contributed by atoms with van der Waals surface area (Å²) in [6.07, 6.45) is 0. The minimum absolute atomic E-state index is 0.0360. The Morgan fingerprint density at radius 1 is 0.600 bits per heavy atom. The van der Waals surface area contributed by atoms with Gasteiger partial charge in [0, 0.05) is 0 Å². The van der Waals surface area contributed by atoms with Crippen LogP contribution in [-0.2, 0) is 0 Å². The molecule has 0 aliphatic heterocycles. The molecule has 0 aromatic heterocycles. The Kier molecular flexibility index (Phi) is 6.05. The van der Waals surface area contributed by atoms with E-state index >= 15 is 0 Å². The monoisotopic (exact) mass is 365 g/mol. The Bertz CT molecular complexity index is 824. The van der Waals surface area contributed by atoms with Crippen LogP contribution < -0.4 is 0 Å². The van der Waals surface area contributed by atoms with E-state index in [1.165, 1.54) is 0 Å². The Balaban J connectivity index is 2.28. The average molecular weight is 366 g/mol. The molecule has 0 N–H and O–H groups in total. The average Bonchev–Trinajstić information content (AvgIpc) is 2.67. The van der Waals surface area contributed by atoms with E-state index in [0.29, 0.717) is 6.54 Å². The van der Waals surface area contributed by atoms with Crippen LogP contribution in [0.15, 0.2) is 96.0 Å². The highest BCUT2D eigenvalue weighted by molar-refractivity contribution is 6.95. The molecule has 25 heavy (non-hydrogen) atoms. The molecule has 3 heteroatoms. The van der Waals surface area contributed by atoms with Crippen LogP contribution in [0.2, 0.25) is 0 Å². The van der Waals surface area contributed by atoms with Crippen molar-refractivity contribution in [3.63, 3.8) is 0 Å². The van der Waals surface area contributed by atoms with Crippen molar-refractivity contribution in [1.82, 2.24) is 0 Å². The quantitative estimate of drug-likeness (QED) is 0.362. The fourth-order valence-electron chi connectivity index (χ4n) is 2.82. The van der Waals surface area contributed by atoms with Crippen molar-refractivity contribution in [2.24, 2.45) is 4.99 Å². The van der Waals surface area contributed by atoms with Crippen LogP contribution in [0.1, 0.15) is 16.7 Å². The molecule has 0 saturated carbocycles. The summed E-state index contributed by atoms with van der Waals surface area (Å²) < 4.78 is 0.0360. The molecule has 0 saturated heterocycles. The van der Waals surface area contributed by atoms with Gasteiger partial charge < -0.3 is 0 Å². The summed E-state index contributed by atoms with van der Waals surface area (Å²) in [6.45, 7) is 0.408. The van der Waals surface area contributed by atoms with Crippen molar-refractivity contribution in [2.75, 3.05) is 6.54 Å². The molecule has 0 aliphatic rings. The molecule has 0 radical (unpaired) electrons. The number of hydrogen-bond donors (Lipinski definition) is 0. The molecule has 3 aromatic rings. The molecule has 0 fully saturated rings. The Labute approximate surface area is 158 Å². The van der Waals surface area contributed by atoms with Crippen LogP contribution in [0.4, 0.5) is 0 Å². The zero-order chi connectivity index (χ0) is 17.5. The number of aliphatic imine (C=N–C) groups is 1. The van der Waals surface area contributed by atoms with Gasteiger partial charge in [-0.2, -0.15) is 0 Å². The maximum Gasteiger partial charge on any atom is 0.192 e. The Morgan fingerprint density at radius 3 is 1.40 bits per heavy atom. The lowest BCUT2D eigenvalue weighted by Crippen LogP contribution is -1.99. The summed E-state index contributed by atoms with van der Waals surface area (Å²) >= 11 is 11.6. The molecule has 0 heterocycles. The van der Waals surface area contributed by atoms with Gasteiger partial charge in [-0.1, -0.05) is 91.0 Å². The third kappa shape index (κ3) is 4.60. The smallest absolute Gasteiger partial charge is 0.192 e. The van der Waals surface area contributed by atoms with E-state index < -0.39 is 0 Å². The van der Waals surface area contributed by atoms with E-state index in [-0.39, 0.29) is 4.63 Å². The lowest BCUT2D eigenvalue weighted by Gasteiger charge is -2.16. The molecule has 3 aromatic carbocycles. The van der Waals surface area contributed by atoms with E-state index in [1.54, 1.807) is 0 Å². The zero-order valence-corrected chi connectivity index (χ0v) is 15.1. The molecular formula is C22H17Cl2N. The van der Waals surface area contributed by atoms with Crippen molar-refractivity contribution in [3.8, 4) is 0 Å². The zero-order valence-electron chi connectivity index (χ0n) is 13.6. The molecule has 0 aliphatic carbocycles. The van der Waals surface area contributed by atoms with Gasteiger partial charge in [0.15, 0.2) is 4.63 Å². The van der Waals surface area contributed by atoms with Crippen molar-refractivity contribution in [1.29, 1.82) is 0 Å². The predicted octanol–water partition coefficient (Wildman–Crippen LogP) is 6.48. The minimum Gasteiger partial charge on any atom is -0.258 e. The molecular weight excluding hydrogens is 349 g/mol. The van der Waals surface area contributed by atoms with Crippen LogP contribution in [-0.4, -0.2) is 11.2 Å². The van der Waals surface area contributed by atoms with Gasteiger partial charge in [0.05, 0.1) is 6.54 Å². The first-order valence-electron chi connectivity index (χ1n) is 8.00. The highest BCUT2D eigenvalue weighted by Gasteiger charge is 2.13. The lowest BCUT2D eigenvalue weighted by molar-refractivity contribution is 1.27. The van der Waals surface area contributed by atoms with Crippen molar-refractivity contribution in [2.45, 2.75) is 0 Å².